The van der Waals surface area contributed by atoms with Gasteiger partial charge >= 0.3 is 12.1 Å². The van der Waals surface area contributed by atoms with Crippen molar-refractivity contribution in [2.24, 2.45) is 0 Å². The predicted molar refractivity (Wildman–Crippen MR) is 170 cm³/mol. The van der Waals surface area contributed by atoms with Crippen LogP contribution in [0, 0.1) is 23.0 Å². The van der Waals surface area contributed by atoms with Gasteiger partial charge in [0.1, 0.15) is 30.4 Å². The molecule has 0 saturated carbocycles. The molecule has 2 atom stereocenters. The largest absolute Gasteiger partial charge is 1.00 e. The molecule has 3 aromatic carbocycles. The number of rotatable bonds is 11. The summed E-state index contributed by atoms with van der Waals surface area (Å²) in [7, 11) is 1.52. The van der Waals surface area contributed by atoms with Crippen molar-refractivity contribution in [2.45, 2.75) is 45.2 Å². The number of carbonyl (C=O) groups is 2. The normalized spacial score (nSPS) is 12.6. The number of anilines is 1. The standard InChI is InChI=1S/C34H31F2N6O5S.ClH/c1-22(32-39-30(17-48-32)25-10-8-24(15-37)9-11-25)34(45,28-13-12-27(35)14-29(28)36)18-42-20-41(19-38-42)21-47-33(44)40(3)31-7-5-4-6-26(31)16-46-23(2)43;/h4-14,17,19-20,22,45H,16,18,21H2,1-3H3;1H/q+1;/p-1/t22-,34+;/m0./s1. The lowest BCUT2D eigenvalue weighted by Crippen LogP contribution is -3.00. The van der Waals surface area contributed by atoms with Gasteiger partial charge in [0.2, 0.25) is 13.1 Å². The Morgan fingerprint density at radius 2 is 1.88 bits per heavy atom. The molecule has 5 rings (SSSR count). The zero-order chi connectivity index (χ0) is 34.4. The maximum atomic E-state index is 15.2. The SMILES string of the molecule is CC(=O)OCc1ccccc1N(C)C(=O)OC[n+]1cnn(C[C@](O)(c2ccc(F)cc2F)[C@@H](C)c2nc(-c3ccc(C#N)cc3)cs2)c1.[Cl-]. The van der Waals surface area contributed by atoms with Crippen molar-refractivity contribution in [3.05, 3.63) is 118 Å². The van der Waals surface area contributed by atoms with E-state index in [9.17, 15) is 19.1 Å². The number of nitriles is 1. The molecule has 254 valence electrons. The highest BCUT2D eigenvalue weighted by molar-refractivity contribution is 7.10. The van der Waals surface area contributed by atoms with Gasteiger partial charge in [0.15, 0.2) is 0 Å². The summed E-state index contributed by atoms with van der Waals surface area (Å²) in [5, 5.41) is 27.9. The third kappa shape index (κ3) is 8.44. The molecule has 2 heterocycles. The number of halogens is 3. The molecule has 0 aliphatic rings. The van der Waals surface area contributed by atoms with Crippen molar-refractivity contribution in [3.63, 3.8) is 0 Å². The van der Waals surface area contributed by atoms with Gasteiger partial charge in [-0.25, -0.2) is 23.1 Å². The van der Waals surface area contributed by atoms with E-state index in [0.29, 0.717) is 33.6 Å². The number of amides is 1. The van der Waals surface area contributed by atoms with Crippen molar-refractivity contribution in [3.8, 4) is 17.3 Å². The number of aliphatic hydroxyl groups is 1. The fourth-order valence-electron chi connectivity index (χ4n) is 5.06. The third-order valence-electron chi connectivity index (χ3n) is 7.74. The van der Waals surface area contributed by atoms with Gasteiger partial charge in [-0.2, -0.15) is 5.26 Å². The van der Waals surface area contributed by atoms with E-state index in [1.54, 1.807) is 60.8 Å². The van der Waals surface area contributed by atoms with Gasteiger partial charge in [-0.1, -0.05) is 43.3 Å². The first-order chi connectivity index (χ1) is 23.0. The van der Waals surface area contributed by atoms with Gasteiger partial charge in [0, 0.05) is 53.1 Å². The Kier molecular flexibility index (Phi) is 11.8. The third-order valence-corrected chi connectivity index (χ3v) is 8.77. The first-order valence-electron chi connectivity index (χ1n) is 14.7. The smallest absolute Gasteiger partial charge is 0.416 e. The maximum Gasteiger partial charge on any atom is 0.416 e. The number of carbonyl (C=O) groups excluding carboxylic acids is 2. The molecule has 11 nitrogen and oxygen atoms in total. The van der Waals surface area contributed by atoms with E-state index in [0.717, 1.165) is 11.6 Å². The minimum atomic E-state index is -1.94. The predicted octanol–water partition coefficient (Wildman–Crippen LogP) is 2.43. The van der Waals surface area contributed by atoms with Crippen LogP contribution in [0.3, 0.4) is 0 Å². The summed E-state index contributed by atoms with van der Waals surface area (Å²) in [4.78, 5) is 30.1. The number of esters is 1. The molecule has 0 spiro atoms. The fourth-order valence-corrected chi connectivity index (χ4v) is 6.03. The highest BCUT2D eigenvalue weighted by atomic mass is 35.5. The first-order valence-corrected chi connectivity index (χ1v) is 15.5. The van der Waals surface area contributed by atoms with Gasteiger partial charge in [-0.15, -0.1) is 16.0 Å². The zero-order valence-corrected chi connectivity index (χ0v) is 28.2. The first kappa shape index (κ1) is 36.6. The zero-order valence-electron chi connectivity index (χ0n) is 26.6. The molecule has 0 saturated heterocycles. The molecule has 15 heteroatoms. The average molecular weight is 709 g/mol. The summed E-state index contributed by atoms with van der Waals surface area (Å²) in [5.74, 6) is -2.96. The van der Waals surface area contributed by atoms with E-state index in [4.69, 9.17) is 19.7 Å². The molecular formula is C34H31ClF2N6O5S. The second kappa shape index (κ2) is 15.8. The molecular weight excluding hydrogens is 678 g/mol. The molecule has 0 aliphatic heterocycles. The molecule has 49 heavy (non-hydrogen) atoms. The highest BCUT2D eigenvalue weighted by Gasteiger charge is 2.43. The Hall–Kier alpha value is -5.23. The number of hydrogen-bond donors (Lipinski definition) is 1. The number of thiazole rings is 1. The Morgan fingerprint density at radius 1 is 1.14 bits per heavy atom. The lowest BCUT2D eigenvalue weighted by Gasteiger charge is -2.32. The van der Waals surface area contributed by atoms with Crippen LogP contribution in [0.5, 0.6) is 0 Å². The Morgan fingerprint density at radius 3 is 2.57 bits per heavy atom. The van der Waals surface area contributed by atoms with Crippen LogP contribution in [-0.2, 0) is 39.8 Å². The van der Waals surface area contributed by atoms with Gasteiger partial charge in [0.05, 0.1) is 28.0 Å². The van der Waals surface area contributed by atoms with Crippen LogP contribution in [0.1, 0.15) is 41.5 Å². The summed E-state index contributed by atoms with van der Waals surface area (Å²) in [6.07, 6.45) is 2.16. The van der Waals surface area contributed by atoms with Crippen LogP contribution >= 0.6 is 11.3 Å². The van der Waals surface area contributed by atoms with E-state index in [1.807, 2.05) is 0 Å². The Balaban J connectivity index is 0.00000541. The Bertz CT molecular complexity index is 1980. The molecule has 1 N–H and O–H groups in total. The molecule has 0 radical (unpaired) electrons. The van der Waals surface area contributed by atoms with E-state index in [-0.39, 0.29) is 37.9 Å². The summed E-state index contributed by atoms with van der Waals surface area (Å²) in [6.45, 7) is 2.47. The monoisotopic (exact) mass is 708 g/mol. The molecule has 0 aliphatic carbocycles. The van der Waals surface area contributed by atoms with Crippen molar-refractivity contribution in [2.75, 3.05) is 11.9 Å². The lowest BCUT2D eigenvalue weighted by atomic mass is 9.82. The quantitative estimate of drug-likeness (QED) is 0.163. The summed E-state index contributed by atoms with van der Waals surface area (Å²) < 4.78 is 42.5. The summed E-state index contributed by atoms with van der Waals surface area (Å²) >= 11 is 1.27. The van der Waals surface area contributed by atoms with Crippen molar-refractivity contribution < 1.29 is 49.9 Å². The molecule has 0 unspecified atom stereocenters. The van der Waals surface area contributed by atoms with Crippen molar-refractivity contribution in [1.82, 2.24) is 14.8 Å². The van der Waals surface area contributed by atoms with Gasteiger partial charge in [-0.3, -0.25) is 9.69 Å². The van der Waals surface area contributed by atoms with E-state index < -0.39 is 35.2 Å². The number of aromatic nitrogens is 4. The number of hydrogen-bond acceptors (Lipinski definition) is 9. The summed E-state index contributed by atoms with van der Waals surface area (Å²) in [5.41, 5.74) is 0.905. The number of ether oxygens (including phenoxy) is 2. The topological polar surface area (TPSA) is 134 Å². The van der Waals surface area contributed by atoms with Crippen LogP contribution in [-0.4, -0.2) is 39.0 Å². The number of para-hydroxylation sites is 1. The van der Waals surface area contributed by atoms with Crippen LogP contribution in [0.2, 0.25) is 0 Å². The molecule has 1 amide bonds. The molecule has 2 aromatic heterocycles. The highest BCUT2D eigenvalue weighted by Crippen LogP contribution is 2.41. The van der Waals surface area contributed by atoms with E-state index >= 15 is 4.39 Å². The van der Waals surface area contributed by atoms with Crippen LogP contribution in [0.4, 0.5) is 19.3 Å². The Labute approximate surface area is 291 Å². The fraction of sp³-hybridized carbons (Fsp3) is 0.235. The molecule has 0 fully saturated rings. The maximum absolute atomic E-state index is 15.2. The van der Waals surface area contributed by atoms with Gasteiger partial charge in [0.25, 0.3) is 6.33 Å². The molecule has 0 bridgehead atoms. The van der Waals surface area contributed by atoms with Crippen molar-refractivity contribution >= 4 is 29.1 Å². The second-order valence-electron chi connectivity index (χ2n) is 11.0. The minimum Gasteiger partial charge on any atom is -1.00 e. The average Bonchev–Trinajstić information content (AvgIpc) is 3.75. The van der Waals surface area contributed by atoms with Gasteiger partial charge in [-0.05, 0) is 24.3 Å². The number of benzene rings is 3. The van der Waals surface area contributed by atoms with E-state index in [1.165, 1.54) is 58.2 Å². The van der Waals surface area contributed by atoms with Crippen LogP contribution < -0.4 is 21.9 Å². The minimum absolute atomic E-state index is 0. The lowest BCUT2D eigenvalue weighted by molar-refractivity contribution is -0.727. The molecule has 5 aromatic rings. The van der Waals surface area contributed by atoms with Crippen LogP contribution in [0.15, 0.2) is 84.8 Å². The number of nitrogens with zero attached hydrogens (tertiary/aromatic N) is 6. The van der Waals surface area contributed by atoms with Crippen LogP contribution in [0.25, 0.3) is 11.3 Å². The second-order valence-corrected chi connectivity index (χ2v) is 11.9. The summed E-state index contributed by atoms with van der Waals surface area (Å²) in [6, 6.07) is 18.9. The van der Waals surface area contributed by atoms with E-state index in [2.05, 4.69) is 11.2 Å². The van der Waals surface area contributed by atoms with Gasteiger partial charge < -0.3 is 27.0 Å². The van der Waals surface area contributed by atoms with Crippen molar-refractivity contribution in [1.29, 1.82) is 5.26 Å².